The van der Waals surface area contributed by atoms with Gasteiger partial charge >= 0.3 is 0 Å². The second-order valence-electron chi connectivity index (χ2n) is 5.95. The molecule has 19 heavy (non-hydrogen) atoms. The fourth-order valence-electron chi connectivity index (χ4n) is 2.94. The second-order valence-corrected chi connectivity index (χ2v) is 8.26. The highest BCUT2D eigenvalue weighted by Gasteiger charge is 2.25. The summed E-state index contributed by atoms with van der Waals surface area (Å²) in [6.07, 6.45) is 4.80. The minimum atomic E-state index is -2.85. The van der Waals surface area contributed by atoms with Crippen molar-refractivity contribution in [3.63, 3.8) is 0 Å². The zero-order chi connectivity index (χ0) is 13.9. The summed E-state index contributed by atoms with van der Waals surface area (Å²) in [6.45, 7) is 1.42. The van der Waals surface area contributed by atoms with Crippen molar-refractivity contribution in [3.05, 3.63) is 0 Å². The summed E-state index contributed by atoms with van der Waals surface area (Å²) in [5.74, 6) is 1.12. The molecule has 0 atom stereocenters. The lowest BCUT2D eigenvalue weighted by Crippen LogP contribution is -2.43. The van der Waals surface area contributed by atoms with E-state index in [2.05, 4.69) is 0 Å². The van der Waals surface area contributed by atoms with Crippen molar-refractivity contribution in [1.29, 1.82) is 0 Å². The van der Waals surface area contributed by atoms with Crippen LogP contribution in [0.1, 0.15) is 32.1 Å². The lowest BCUT2D eigenvalue weighted by Gasteiger charge is -2.28. The molecule has 1 aliphatic carbocycles. The number of hydrogen-bond acceptors (Lipinski definition) is 5. The Morgan fingerprint density at radius 1 is 1.11 bits per heavy atom. The third-order valence-corrected chi connectivity index (χ3v) is 5.85. The number of carbonyl (C=O) groups excluding carboxylic acids is 1. The summed E-state index contributed by atoms with van der Waals surface area (Å²) in [7, 11) is -2.85. The van der Waals surface area contributed by atoms with Crippen LogP contribution in [0.5, 0.6) is 0 Å². The summed E-state index contributed by atoms with van der Waals surface area (Å²) < 4.78 is 22.6. The highest BCUT2D eigenvalue weighted by atomic mass is 32.2. The van der Waals surface area contributed by atoms with E-state index in [9.17, 15) is 13.2 Å². The first-order valence-electron chi connectivity index (χ1n) is 7.15. The Balaban J connectivity index is 1.70. The number of nitrogens with zero attached hydrogens (tertiary/aromatic N) is 1. The van der Waals surface area contributed by atoms with Crippen molar-refractivity contribution < 1.29 is 13.2 Å². The topological polar surface area (TPSA) is 80.5 Å². The van der Waals surface area contributed by atoms with Gasteiger partial charge in [0.05, 0.1) is 18.1 Å². The van der Waals surface area contributed by atoms with Gasteiger partial charge in [-0.1, -0.05) is 0 Å². The predicted octanol–water partition coefficient (Wildman–Crippen LogP) is 0.194. The second kappa shape index (κ2) is 6.33. The van der Waals surface area contributed by atoms with Crippen LogP contribution in [0.2, 0.25) is 0 Å². The Hall–Kier alpha value is -0.460. The molecule has 0 unspecified atom stereocenters. The molecule has 2 aliphatic rings. The van der Waals surface area contributed by atoms with E-state index < -0.39 is 9.84 Å². The Kier molecular flexibility index (Phi) is 4.97. The molecular weight excluding hydrogens is 264 g/mol. The summed E-state index contributed by atoms with van der Waals surface area (Å²) in [6, 6.07) is 0.318. The van der Waals surface area contributed by atoms with E-state index >= 15 is 0 Å². The zero-order valence-electron chi connectivity index (χ0n) is 11.4. The van der Waals surface area contributed by atoms with E-state index in [-0.39, 0.29) is 17.3 Å². The Morgan fingerprint density at radius 2 is 1.68 bits per heavy atom. The molecule has 0 spiro atoms. The predicted molar refractivity (Wildman–Crippen MR) is 74.7 cm³/mol. The molecule has 1 aliphatic heterocycles. The third kappa shape index (κ3) is 4.85. The van der Waals surface area contributed by atoms with Gasteiger partial charge in [-0.05, 0) is 31.6 Å². The van der Waals surface area contributed by atoms with Gasteiger partial charge in [0.15, 0.2) is 9.84 Å². The quantitative estimate of drug-likeness (QED) is 0.799. The number of Topliss-reactive ketones (excluding diaryl/α,β-unsaturated/α-hetero) is 1. The van der Waals surface area contributed by atoms with Crippen LogP contribution in [0.4, 0.5) is 0 Å². The van der Waals surface area contributed by atoms with E-state index in [0.29, 0.717) is 38.0 Å². The van der Waals surface area contributed by atoms with Crippen LogP contribution < -0.4 is 5.73 Å². The van der Waals surface area contributed by atoms with Gasteiger partial charge in [-0.25, -0.2) is 8.42 Å². The van der Waals surface area contributed by atoms with Gasteiger partial charge in [-0.3, -0.25) is 9.69 Å². The lowest BCUT2D eigenvalue weighted by molar-refractivity contribution is -0.121. The Labute approximate surface area is 115 Å². The van der Waals surface area contributed by atoms with Gasteiger partial charge in [-0.2, -0.15) is 0 Å². The minimum absolute atomic E-state index is 0.193. The smallest absolute Gasteiger partial charge is 0.152 e. The molecule has 0 radical (unpaired) electrons. The number of rotatable bonds is 4. The summed E-state index contributed by atoms with van der Waals surface area (Å²) in [4.78, 5) is 14.0. The van der Waals surface area contributed by atoms with E-state index in [1.54, 1.807) is 0 Å². The first-order chi connectivity index (χ1) is 8.94. The summed E-state index contributed by atoms with van der Waals surface area (Å²) in [5.41, 5.74) is 5.85. The lowest BCUT2D eigenvalue weighted by atomic mass is 9.83. The van der Waals surface area contributed by atoms with Gasteiger partial charge < -0.3 is 5.73 Å². The van der Waals surface area contributed by atoms with Gasteiger partial charge in [0, 0.05) is 25.6 Å². The van der Waals surface area contributed by atoms with Crippen LogP contribution in [-0.2, 0) is 14.6 Å². The molecular formula is C13H24N2O3S. The average Bonchev–Trinajstić information content (AvgIpc) is 2.35. The maximum absolute atomic E-state index is 12.0. The number of sulfone groups is 1. The van der Waals surface area contributed by atoms with Crippen molar-refractivity contribution in [2.75, 3.05) is 31.1 Å². The maximum atomic E-state index is 12.0. The van der Waals surface area contributed by atoms with Gasteiger partial charge in [0.1, 0.15) is 5.78 Å². The number of carbonyl (C=O) groups is 1. The monoisotopic (exact) mass is 288 g/mol. The molecule has 0 amide bonds. The van der Waals surface area contributed by atoms with Crippen molar-refractivity contribution in [2.24, 2.45) is 11.7 Å². The first kappa shape index (κ1) is 14.9. The Morgan fingerprint density at radius 3 is 2.26 bits per heavy atom. The third-order valence-electron chi connectivity index (χ3n) is 4.24. The minimum Gasteiger partial charge on any atom is -0.328 e. The molecule has 6 heteroatoms. The molecule has 2 rings (SSSR count). The largest absolute Gasteiger partial charge is 0.328 e. The van der Waals surface area contributed by atoms with E-state index in [1.807, 2.05) is 4.90 Å². The van der Waals surface area contributed by atoms with Crippen LogP contribution in [-0.4, -0.2) is 56.3 Å². The molecule has 1 saturated heterocycles. The molecule has 0 aromatic rings. The van der Waals surface area contributed by atoms with Crippen molar-refractivity contribution in [1.82, 2.24) is 4.90 Å². The van der Waals surface area contributed by atoms with Crippen LogP contribution in [0, 0.1) is 5.92 Å². The van der Waals surface area contributed by atoms with Crippen molar-refractivity contribution in [3.8, 4) is 0 Å². The molecule has 0 aromatic carbocycles. The van der Waals surface area contributed by atoms with E-state index in [1.165, 1.54) is 0 Å². The maximum Gasteiger partial charge on any atom is 0.152 e. The highest BCUT2D eigenvalue weighted by Crippen LogP contribution is 2.26. The number of ketones is 1. The average molecular weight is 288 g/mol. The summed E-state index contributed by atoms with van der Waals surface area (Å²) >= 11 is 0. The Bertz CT molecular complexity index is 400. The SMILES string of the molecule is NC1CCC(CC(=O)CN2CCS(=O)(=O)CC2)CC1. The highest BCUT2D eigenvalue weighted by molar-refractivity contribution is 7.91. The molecule has 2 N–H and O–H groups in total. The summed E-state index contributed by atoms with van der Waals surface area (Å²) in [5, 5.41) is 0. The van der Waals surface area contributed by atoms with Gasteiger partial charge in [0.25, 0.3) is 0 Å². The molecule has 2 fully saturated rings. The van der Waals surface area contributed by atoms with Gasteiger partial charge in [-0.15, -0.1) is 0 Å². The van der Waals surface area contributed by atoms with Crippen LogP contribution in [0.3, 0.4) is 0 Å². The normalized spacial score (nSPS) is 32.1. The standard InChI is InChI=1S/C13H24N2O3S/c14-12-3-1-11(2-4-12)9-13(16)10-15-5-7-19(17,18)8-6-15/h11-12H,1-10,14H2. The molecule has 1 heterocycles. The molecule has 1 saturated carbocycles. The molecule has 110 valence electrons. The zero-order valence-corrected chi connectivity index (χ0v) is 12.2. The molecule has 0 aromatic heterocycles. The fourth-order valence-corrected chi connectivity index (χ4v) is 4.21. The van der Waals surface area contributed by atoms with Crippen molar-refractivity contribution >= 4 is 15.6 Å². The first-order valence-corrected chi connectivity index (χ1v) is 8.97. The van der Waals surface area contributed by atoms with Crippen LogP contribution >= 0.6 is 0 Å². The van der Waals surface area contributed by atoms with Crippen LogP contribution in [0.25, 0.3) is 0 Å². The van der Waals surface area contributed by atoms with Crippen molar-refractivity contribution in [2.45, 2.75) is 38.1 Å². The fraction of sp³-hybridized carbons (Fsp3) is 0.923. The van der Waals surface area contributed by atoms with Gasteiger partial charge in [0.2, 0.25) is 0 Å². The van der Waals surface area contributed by atoms with Crippen LogP contribution in [0.15, 0.2) is 0 Å². The number of hydrogen-bond donors (Lipinski definition) is 1. The molecule has 5 nitrogen and oxygen atoms in total. The van der Waals surface area contributed by atoms with E-state index in [0.717, 1.165) is 25.7 Å². The van der Waals surface area contributed by atoms with E-state index in [4.69, 9.17) is 5.73 Å². The molecule has 0 bridgehead atoms. The number of nitrogens with two attached hydrogens (primary N) is 1.